The molecule has 0 amide bonds. The van der Waals surface area contributed by atoms with Crippen molar-refractivity contribution in [2.45, 2.75) is 45.4 Å². The molecule has 0 bridgehead atoms. The molecule has 0 heterocycles. The summed E-state index contributed by atoms with van der Waals surface area (Å²) in [5.74, 6) is 5.48. The standard InChI is InChI=1S/C19H24O2/c1-19-7-6-13-12-5-3-11(20)8-10(12)2-4-14(13)17(19)15-9-16(15)18(19)21/h3,5,10,12-17H,2,4,6-9H2,1H3/t10?,12-,13+,14+,15+,16-,17+,19-/m0/s1. The molecule has 4 saturated carbocycles. The molecular weight excluding hydrogens is 260 g/mol. The van der Waals surface area contributed by atoms with Gasteiger partial charge in [0.25, 0.3) is 0 Å². The van der Waals surface area contributed by atoms with Crippen LogP contribution in [0.1, 0.15) is 45.4 Å². The Morgan fingerprint density at radius 3 is 2.81 bits per heavy atom. The lowest BCUT2D eigenvalue weighted by Crippen LogP contribution is -2.49. The Morgan fingerprint density at radius 2 is 1.95 bits per heavy atom. The van der Waals surface area contributed by atoms with Gasteiger partial charge in [-0.2, -0.15) is 0 Å². The fourth-order valence-corrected chi connectivity index (χ4v) is 6.90. The number of hydrogen-bond acceptors (Lipinski definition) is 2. The zero-order valence-corrected chi connectivity index (χ0v) is 12.8. The van der Waals surface area contributed by atoms with Gasteiger partial charge in [0, 0.05) is 17.8 Å². The number of carbonyl (C=O) groups is 2. The van der Waals surface area contributed by atoms with Crippen LogP contribution in [-0.4, -0.2) is 11.6 Å². The highest BCUT2D eigenvalue weighted by atomic mass is 16.1. The van der Waals surface area contributed by atoms with Crippen molar-refractivity contribution < 1.29 is 9.59 Å². The molecule has 0 spiro atoms. The Labute approximate surface area is 126 Å². The van der Waals surface area contributed by atoms with E-state index in [0.29, 0.717) is 35.2 Å². The van der Waals surface area contributed by atoms with Crippen LogP contribution in [0, 0.1) is 46.8 Å². The first-order valence-electron chi connectivity index (χ1n) is 8.85. The maximum atomic E-state index is 12.6. The summed E-state index contributed by atoms with van der Waals surface area (Å²) < 4.78 is 0. The van der Waals surface area contributed by atoms with Crippen LogP contribution < -0.4 is 0 Å². The maximum Gasteiger partial charge on any atom is 0.155 e. The molecule has 2 nitrogen and oxygen atoms in total. The Kier molecular flexibility index (Phi) is 2.33. The van der Waals surface area contributed by atoms with E-state index < -0.39 is 0 Å². The van der Waals surface area contributed by atoms with Crippen LogP contribution >= 0.6 is 0 Å². The van der Waals surface area contributed by atoms with Gasteiger partial charge in [0.05, 0.1) is 0 Å². The zero-order chi connectivity index (χ0) is 14.4. The monoisotopic (exact) mass is 284 g/mol. The number of rotatable bonds is 0. The lowest BCUT2D eigenvalue weighted by molar-refractivity contribution is -0.135. The minimum absolute atomic E-state index is 0.00971. The van der Waals surface area contributed by atoms with Gasteiger partial charge in [-0.05, 0) is 73.7 Å². The van der Waals surface area contributed by atoms with Crippen molar-refractivity contribution in [3.63, 3.8) is 0 Å². The predicted molar refractivity (Wildman–Crippen MR) is 79.4 cm³/mol. The van der Waals surface area contributed by atoms with E-state index in [1.165, 1.54) is 25.7 Å². The normalized spacial score (nSPS) is 57.3. The quantitative estimate of drug-likeness (QED) is 0.683. The molecule has 0 N–H and O–H groups in total. The SMILES string of the molecule is C[C@]12CC[C@H]3[C@@H](CCC4CC(=O)C=C[C@@H]43)[C@@H]1[C@@H]1C[C@@H]1C2=O. The summed E-state index contributed by atoms with van der Waals surface area (Å²) in [5, 5.41) is 0. The van der Waals surface area contributed by atoms with Crippen molar-refractivity contribution in [2.75, 3.05) is 0 Å². The van der Waals surface area contributed by atoms with Crippen molar-refractivity contribution in [3.05, 3.63) is 12.2 Å². The fraction of sp³-hybridized carbons (Fsp3) is 0.789. The van der Waals surface area contributed by atoms with E-state index >= 15 is 0 Å². The summed E-state index contributed by atoms with van der Waals surface area (Å²) in [6.07, 6.45) is 10.8. The Balaban J connectivity index is 1.50. The Bertz CT molecular complexity index is 562. The number of Topliss-reactive ketones (excluding diaryl/α,β-unsaturated/α-hetero) is 1. The van der Waals surface area contributed by atoms with Gasteiger partial charge in [0.15, 0.2) is 5.78 Å². The number of fused-ring (bicyclic) bond motifs is 7. The number of hydrogen-bond donors (Lipinski definition) is 0. The van der Waals surface area contributed by atoms with Crippen molar-refractivity contribution in [1.82, 2.24) is 0 Å². The number of allylic oxidation sites excluding steroid dienone is 2. The van der Waals surface area contributed by atoms with Crippen molar-refractivity contribution in [3.8, 4) is 0 Å². The lowest BCUT2D eigenvalue weighted by Gasteiger charge is -2.53. The zero-order valence-electron chi connectivity index (χ0n) is 12.8. The molecule has 0 radical (unpaired) electrons. The summed E-state index contributed by atoms with van der Waals surface area (Å²) >= 11 is 0. The predicted octanol–water partition coefficient (Wildman–Crippen LogP) is 3.41. The van der Waals surface area contributed by atoms with E-state index in [-0.39, 0.29) is 5.41 Å². The first-order chi connectivity index (χ1) is 10.1. The van der Waals surface area contributed by atoms with Crippen molar-refractivity contribution >= 4 is 11.6 Å². The lowest BCUT2D eigenvalue weighted by atomic mass is 9.50. The van der Waals surface area contributed by atoms with Crippen LogP contribution in [0.2, 0.25) is 0 Å². The van der Waals surface area contributed by atoms with Gasteiger partial charge < -0.3 is 0 Å². The minimum Gasteiger partial charge on any atom is -0.299 e. The van der Waals surface area contributed by atoms with E-state index in [1.807, 2.05) is 6.08 Å². The molecule has 0 aromatic heterocycles. The van der Waals surface area contributed by atoms with Gasteiger partial charge in [-0.15, -0.1) is 0 Å². The third-order valence-corrected chi connectivity index (χ3v) is 7.82. The summed E-state index contributed by atoms with van der Waals surface area (Å²) in [4.78, 5) is 24.3. The molecule has 112 valence electrons. The Hall–Kier alpha value is -0.920. The summed E-state index contributed by atoms with van der Waals surface area (Å²) in [6, 6.07) is 0. The largest absolute Gasteiger partial charge is 0.299 e. The molecule has 21 heavy (non-hydrogen) atoms. The summed E-state index contributed by atoms with van der Waals surface area (Å²) in [7, 11) is 0. The van der Waals surface area contributed by atoms with Crippen LogP contribution in [0.15, 0.2) is 12.2 Å². The van der Waals surface area contributed by atoms with Gasteiger partial charge in [0.2, 0.25) is 0 Å². The van der Waals surface area contributed by atoms with E-state index in [0.717, 1.165) is 30.6 Å². The van der Waals surface area contributed by atoms with Crippen LogP contribution in [0.4, 0.5) is 0 Å². The molecule has 8 atom stereocenters. The van der Waals surface area contributed by atoms with E-state index in [1.54, 1.807) is 0 Å². The van der Waals surface area contributed by atoms with Crippen LogP contribution in [-0.2, 0) is 9.59 Å². The van der Waals surface area contributed by atoms with Gasteiger partial charge in [-0.25, -0.2) is 0 Å². The van der Waals surface area contributed by atoms with Gasteiger partial charge in [0.1, 0.15) is 5.78 Å². The Morgan fingerprint density at radius 1 is 1.10 bits per heavy atom. The fourth-order valence-electron chi connectivity index (χ4n) is 6.90. The second-order valence-electron chi connectivity index (χ2n) is 8.62. The van der Waals surface area contributed by atoms with E-state index in [4.69, 9.17) is 0 Å². The third kappa shape index (κ3) is 1.49. The van der Waals surface area contributed by atoms with Crippen LogP contribution in [0.5, 0.6) is 0 Å². The minimum atomic E-state index is 0.00971. The molecule has 2 heteroatoms. The van der Waals surface area contributed by atoms with Crippen molar-refractivity contribution in [1.29, 1.82) is 0 Å². The topological polar surface area (TPSA) is 34.1 Å². The molecule has 4 fully saturated rings. The third-order valence-electron chi connectivity index (χ3n) is 7.82. The molecular formula is C19H24O2. The van der Waals surface area contributed by atoms with E-state index in [9.17, 15) is 9.59 Å². The summed E-state index contributed by atoms with van der Waals surface area (Å²) in [6.45, 7) is 2.27. The molecule has 0 aromatic rings. The van der Waals surface area contributed by atoms with Crippen molar-refractivity contribution in [2.24, 2.45) is 46.8 Å². The second kappa shape index (κ2) is 3.88. The molecule has 5 aliphatic rings. The molecule has 5 rings (SSSR count). The molecule has 5 aliphatic carbocycles. The van der Waals surface area contributed by atoms with Gasteiger partial charge in [-0.3, -0.25) is 9.59 Å². The molecule has 0 aliphatic heterocycles. The second-order valence-corrected chi connectivity index (χ2v) is 8.62. The first-order valence-corrected chi connectivity index (χ1v) is 8.85. The molecule has 0 aromatic carbocycles. The number of carbonyl (C=O) groups excluding carboxylic acids is 2. The maximum absolute atomic E-state index is 12.6. The highest BCUT2D eigenvalue weighted by Crippen LogP contribution is 2.70. The van der Waals surface area contributed by atoms with Gasteiger partial charge >= 0.3 is 0 Å². The average molecular weight is 284 g/mol. The van der Waals surface area contributed by atoms with E-state index in [2.05, 4.69) is 13.0 Å². The molecule has 1 unspecified atom stereocenters. The molecule has 0 saturated heterocycles. The summed E-state index contributed by atoms with van der Waals surface area (Å²) in [5.41, 5.74) is 0.00971. The average Bonchev–Trinajstić information content (AvgIpc) is 3.21. The highest BCUT2D eigenvalue weighted by Gasteiger charge is 2.69. The smallest absolute Gasteiger partial charge is 0.155 e. The first kappa shape index (κ1) is 12.6. The number of ketones is 2. The van der Waals surface area contributed by atoms with Crippen LogP contribution in [0.25, 0.3) is 0 Å². The van der Waals surface area contributed by atoms with Crippen LogP contribution in [0.3, 0.4) is 0 Å². The highest BCUT2D eigenvalue weighted by molar-refractivity contribution is 5.93. The van der Waals surface area contributed by atoms with Gasteiger partial charge in [-0.1, -0.05) is 13.0 Å².